The number of benzene rings is 2. The topological polar surface area (TPSA) is 29.1 Å². The molecule has 1 atom stereocenters. The van der Waals surface area contributed by atoms with Crippen molar-refractivity contribution in [3.63, 3.8) is 0 Å². The van der Waals surface area contributed by atoms with Crippen LogP contribution in [-0.2, 0) is 11.0 Å². The summed E-state index contributed by atoms with van der Waals surface area (Å²) in [5, 5.41) is 2.70. The lowest BCUT2D eigenvalue weighted by Gasteiger charge is -2.27. The summed E-state index contributed by atoms with van der Waals surface area (Å²) in [5.41, 5.74) is 0.760. The Morgan fingerprint density at radius 2 is 1.57 bits per heavy atom. The standard InChI is InChI=1S/C16H12F3NO/c17-16(18,19)13-7-3-1-5-10(13)12-9-15(21)20-14-8-4-2-6-11(12)14/h1-8,12H,9H2,(H,20,21). The van der Waals surface area contributed by atoms with Gasteiger partial charge in [0.1, 0.15) is 0 Å². The summed E-state index contributed by atoms with van der Waals surface area (Å²) in [6, 6.07) is 12.4. The van der Waals surface area contributed by atoms with Crippen LogP contribution in [-0.4, -0.2) is 5.91 Å². The highest BCUT2D eigenvalue weighted by atomic mass is 19.4. The van der Waals surface area contributed by atoms with Crippen molar-refractivity contribution in [1.82, 2.24) is 0 Å². The first kappa shape index (κ1) is 13.7. The molecule has 2 aromatic rings. The highest BCUT2D eigenvalue weighted by Crippen LogP contribution is 2.42. The number of para-hydroxylation sites is 1. The number of hydrogen-bond donors (Lipinski definition) is 1. The summed E-state index contributed by atoms with van der Waals surface area (Å²) in [6.07, 6.45) is -4.41. The fraction of sp³-hybridized carbons (Fsp3) is 0.188. The van der Waals surface area contributed by atoms with E-state index in [4.69, 9.17) is 0 Å². The number of anilines is 1. The quantitative estimate of drug-likeness (QED) is 0.839. The number of amides is 1. The average Bonchev–Trinajstić information content (AvgIpc) is 2.45. The van der Waals surface area contributed by atoms with Crippen molar-refractivity contribution in [3.8, 4) is 0 Å². The summed E-state index contributed by atoms with van der Waals surface area (Å²) in [7, 11) is 0. The zero-order valence-electron chi connectivity index (χ0n) is 10.9. The summed E-state index contributed by atoms with van der Waals surface area (Å²) in [6.45, 7) is 0. The van der Waals surface area contributed by atoms with Gasteiger partial charge in [-0.15, -0.1) is 0 Å². The molecule has 3 rings (SSSR count). The van der Waals surface area contributed by atoms with Gasteiger partial charge in [-0.05, 0) is 23.3 Å². The second kappa shape index (κ2) is 4.91. The number of halogens is 3. The summed E-state index contributed by atoms with van der Waals surface area (Å²) in [4.78, 5) is 11.8. The lowest BCUT2D eigenvalue weighted by Crippen LogP contribution is -2.25. The Morgan fingerprint density at radius 1 is 0.952 bits per heavy atom. The number of carbonyl (C=O) groups excluding carboxylic acids is 1. The Kier molecular flexibility index (Phi) is 3.20. The van der Waals surface area contributed by atoms with Crippen molar-refractivity contribution in [2.75, 3.05) is 5.32 Å². The highest BCUT2D eigenvalue weighted by molar-refractivity contribution is 5.95. The Bertz CT molecular complexity index is 694. The van der Waals surface area contributed by atoms with E-state index < -0.39 is 17.7 Å². The molecular weight excluding hydrogens is 279 g/mol. The number of hydrogen-bond acceptors (Lipinski definition) is 1. The molecule has 2 nitrogen and oxygen atoms in total. The second-order valence-electron chi connectivity index (χ2n) is 4.98. The molecule has 0 spiro atoms. The number of nitrogens with one attached hydrogen (secondary N) is 1. The van der Waals surface area contributed by atoms with Gasteiger partial charge in [-0.1, -0.05) is 36.4 Å². The van der Waals surface area contributed by atoms with E-state index in [-0.39, 0.29) is 17.9 Å². The van der Waals surface area contributed by atoms with E-state index in [1.165, 1.54) is 12.1 Å². The van der Waals surface area contributed by atoms with Gasteiger partial charge in [0.15, 0.2) is 0 Å². The van der Waals surface area contributed by atoms with Crippen LogP contribution in [0.2, 0.25) is 0 Å². The molecule has 0 radical (unpaired) electrons. The van der Waals surface area contributed by atoms with Gasteiger partial charge in [-0.2, -0.15) is 13.2 Å². The number of fused-ring (bicyclic) bond motifs is 1. The number of carbonyl (C=O) groups is 1. The molecule has 1 amide bonds. The van der Waals surface area contributed by atoms with Crippen LogP contribution >= 0.6 is 0 Å². The van der Waals surface area contributed by atoms with Gasteiger partial charge < -0.3 is 5.32 Å². The van der Waals surface area contributed by atoms with Gasteiger partial charge in [0.25, 0.3) is 0 Å². The lowest BCUT2D eigenvalue weighted by atomic mass is 9.82. The molecule has 108 valence electrons. The summed E-state index contributed by atoms with van der Waals surface area (Å²) in [5.74, 6) is -0.844. The number of rotatable bonds is 1. The van der Waals surface area contributed by atoms with Crippen LogP contribution in [0.1, 0.15) is 29.0 Å². The molecule has 21 heavy (non-hydrogen) atoms. The van der Waals surface area contributed by atoms with Crippen molar-refractivity contribution in [1.29, 1.82) is 0 Å². The van der Waals surface area contributed by atoms with Crippen molar-refractivity contribution >= 4 is 11.6 Å². The van der Waals surface area contributed by atoms with E-state index in [0.29, 0.717) is 11.3 Å². The second-order valence-corrected chi connectivity index (χ2v) is 4.98. The molecule has 0 aromatic heterocycles. The molecule has 1 heterocycles. The minimum atomic E-state index is -4.43. The largest absolute Gasteiger partial charge is 0.416 e. The molecule has 0 saturated heterocycles. The van der Waals surface area contributed by atoms with Crippen LogP contribution < -0.4 is 5.32 Å². The predicted octanol–water partition coefficient (Wildman–Crippen LogP) is 4.18. The van der Waals surface area contributed by atoms with E-state index in [2.05, 4.69) is 5.32 Å². The maximum Gasteiger partial charge on any atom is 0.416 e. The van der Waals surface area contributed by atoms with E-state index in [0.717, 1.165) is 6.07 Å². The average molecular weight is 291 g/mol. The highest BCUT2D eigenvalue weighted by Gasteiger charge is 2.37. The first-order valence-electron chi connectivity index (χ1n) is 6.51. The smallest absolute Gasteiger partial charge is 0.326 e. The molecule has 1 aliphatic rings. The van der Waals surface area contributed by atoms with Crippen molar-refractivity contribution in [2.45, 2.75) is 18.5 Å². The van der Waals surface area contributed by atoms with Crippen LogP contribution in [0.15, 0.2) is 48.5 Å². The molecule has 2 aromatic carbocycles. The first-order valence-corrected chi connectivity index (χ1v) is 6.51. The Morgan fingerprint density at radius 3 is 2.29 bits per heavy atom. The third kappa shape index (κ3) is 2.51. The van der Waals surface area contributed by atoms with Crippen molar-refractivity contribution in [3.05, 3.63) is 65.2 Å². The Labute approximate surface area is 119 Å². The SMILES string of the molecule is O=C1CC(c2ccccc2C(F)(F)F)c2ccccc2N1. The van der Waals surface area contributed by atoms with Gasteiger partial charge in [-0.25, -0.2) is 0 Å². The molecule has 0 fully saturated rings. The summed E-state index contributed by atoms with van der Waals surface area (Å²) >= 11 is 0. The van der Waals surface area contributed by atoms with Gasteiger partial charge in [0.2, 0.25) is 5.91 Å². The number of alkyl halides is 3. The zero-order chi connectivity index (χ0) is 15.0. The normalized spacial score (nSPS) is 18.0. The minimum absolute atomic E-state index is 0.0180. The monoisotopic (exact) mass is 291 g/mol. The van der Waals surface area contributed by atoms with Gasteiger partial charge in [0.05, 0.1) is 5.56 Å². The fourth-order valence-electron chi connectivity index (χ4n) is 2.75. The van der Waals surface area contributed by atoms with Crippen LogP contribution in [0.3, 0.4) is 0 Å². The van der Waals surface area contributed by atoms with Crippen LogP contribution in [0.25, 0.3) is 0 Å². The van der Waals surface area contributed by atoms with Crippen molar-refractivity contribution in [2.24, 2.45) is 0 Å². The third-order valence-corrected chi connectivity index (χ3v) is 3.64. The predicted molar refractivity (Wildman–Crippen MR) is 73.0 cm³/mol. The summed E-state index contributed by atoms with van der Waals surface area (Å²) < 4.78 is 39.5. The van der Waals surface area contributed by atoms with Gasteiger partial charge in [-0.3, -0.25) is 4.79 Å². The molecule has 0 saturated carbocycles. The molecular formula is C16H12F3NO. The van der Waals surface area contributed by atoms with Gasteiger partial charge in [0, 0.05) is 18.0 Å². The third-order valence-electron chi connectivity index (χ3n) is 3.64. The molecule has 0 bridgehead atoms. The Balaban J connectivity index is 2.16. The van der Waals surface area contributed by atoms with Gasteiger partial charge >= 0.3 is 6.18 Å². The molecule has 0 aliphatic carbocycles. The molecule has 1 unspecified atom stereocenters. The van der Waals surface area contributed by atoms with E-state index in [1.807, 2.05) is 0 Å². The van der Waals surface area contributed by atoms with E-state index >= 15 is 0 Å². The first-order chi connectivity index (χ1) is 9.97. The maximum atomic E-state index is 13.2. The van der Waals surface area contributed by atoms with Crippen LogP contribution in [0, 0.1) is 0 Å². The molecule has 1 N–H and O–H groups in total. The molecule has 1 aliphatic heterocycles. The maximum absolute atomic E-state index is 13.2. The van der Waals surface area contributed by atoms with Crippen LogP contribution in [0.4, 0.5) is 18.9 Å². The van der Waals surface area contributed by atoms with Crippen molar-refractivity contribution < 1.29 is 18.0 Å². The fourth-order valence-corrected chi connectivity index (χ4v) is 2.75. The minimum Gasteiger partial charge on any atom is -0.326 e. The molecule has 5 heteroatoms. The van der Waals surface area contributed by atoms with Crippen LogP contribution in [0.5, 0.6) is 0 Å². The zero-order valence-corrected chi connectivity index (χ0v) is 10.9. The van der Waals surface area contributed by atoms with E-state index in [1.54, 1.807) is 30.3 Å². The van der Waals surface area contributed by atoms with E-state index in [9.17, 15) is 18.0 Å². The Hall–Kier alpha value is -2.30. The lowest BCUT2D eigenvalue weighted by molar-refractivity contribution is -0.138.